The van der Waals surface area contributed by atoms with Crippen LogP contribution in [0.3, 0.4) is 0 Å². The Hall–Kier alpha value is 0.353. The SMILES string of the molecule is CCCCCCCCC(=O)O.[BiH3]. The molecule has 0 aromatic rings. The molecule has 0 aliphatic heterocycles. The Labute approximate surface area is 93.9 Å². The fraction of sp³-hybridized carbons (Fsp3) is 0.889. The van der Waals surface area contributed by atoms with Gasteiger partial charge in [0.1, 0.15) is 0 Å². The summed E-state index contributed by atoms with van der Waals surface area (Å²) >= 11 is 0. The number of carboxylic acids is 1. The van der Waals surface area contributed by atoms with Gasteiger partial charge in [0.2, 0.25) is 0 Å². The molecule has 3 heteroatoms. The fourth-order valence-corrected chi connectivity index (χ4v) is 1.06. The predicted molar refractivity (Wildman–Crippen MR) is 55.6 cm³/mol. The molecule has 12 heavy (non-hydrogen) atoms. The van der Waals surface area contributed by atoms with Crippen molar-refractivity contribution in [2.45, 2.75) is 51.9 Å². The molecule has 0 rings (SSSR count). The standard InChI is InChI=1S/C9H18O2.Bi.3H/c1-2-3-4-5-6-7-8-9(10)11;;;;/h2-8H2,1H3,(H,10,11);;;;. The average Bonchev–Trinajstić information content (AvgIpc) is 1.96. The molecule has 0 aromatic heterocycles. The molecule has 1 N–H and O–H groups in total. The Morgan fingerprint density at radius 3 is 2.08 bits per heavy atom. The Morgan fingerprint density at radius 2 is 1.58 bits per heavy atom. The normalized spacial score (nSPS) is 9.08. The monoisotopic (exact) mass is 370 g/mol. The van der Waals surface area contributed by atoms with E-state index in [1.165, 1.54) is 25.7 Å². The van der Waals surface area contributed by atoms with Crippen molar-refractivity contribution in [3.05, 3.63) is 0 Å². The van der Waals surface area contributed by atoms with E-state index in [4.69, 9.17) is 5.11 Å². The Balaban J connectivity index is 0. The van der Waals surface area contributed by atoms with Gasteiger partial charge in [-0.05, 0) is 6.42 Å². The molecule has 0 radical (unpaired) electrons. The van der Waals surface area contributed by atoms with Crippen LogP contribution in [0.5, 0.6) is 0 Å². The van der Waals surface area contributed by atoms with Crippen LogP contribution in [0, 0.1) is 0 Å². The summed E-state index contributed by atoms with van der Waals surface area (Å²) in [6.45, 7) is 2.18. The molecule has 0 spiro atoms. The third-order valence-electron chi connectivity index (χ3n) is 1.74. The molecule has 0 aromatic carbocycles. The van der Waals surface area contributed by atoms with Gasteiger partial charge in [-0.25, -0.2) is 0 Å². The molecule has 0 atom stereocenters. The van der Waals surface area contributed by atoms with Gasteiger partial charge < -0.3 is 5.11 Å². The van der Waals surface area contributed by atoms with Crippen LogP contribution in [0.15, 0.2) is 0 Å². The Bertz CT molecular complexity index is 105. The topological polar surface area (TPSA) is 37.3 Å². The van der Waals surface area contributed by atoms with Gasteiger partial charge in [-0.1, -0.05) is 39.0 Å². The van der Waals surface area contributed by atoms with Gasteiger partial charge in [-0.2, -0.15) is 0 Å². The molecule has 0 bridgehead atoms. The third-order valence-corrected chi connectivity index (χ3v) is 1.74. The number of unbranched alkanes of at least 4 members (excludes halogenated alkanes) is 5. The van der Waals surface area contributed by atoms with Gasteiger partial charge >= 0.3 is 32.2 Å². The molecule has 74 valence electrons. The second kappa shape index (κ2) is 11.4. The molecule has 2 nitrogen and oxygen atoms in total. The summed E-state index contributed by atoms with van der Waals surface area (Å²) in [5.74, 6) is -0.666. The van der Waals surface area contributed by atoms with Crippen molar-refractivity contribution < 1.29 is 9.90 Å². The summed E-state index contributed by atoms with van der Waals surface area (Å²) in [4.78, 5) is 10.1. The Kier molecular flexibility index (Phi) is 14.1. The van der Waals surface area contributed by atoms with Crippen molar-refractivity contribution >= 4 is 32.2 Å². The van der Waals surface area contributed by atoms with Gasteiger partial charge in [0.15, 0.2) is 0 Å². The number of aliphatic carboxylic acids is 1. The summed E-state index contributed by atoms with van der Waals surface area (Å²) in [5.41, 5.74) is 0. The van der Waals surface area contributed by atoms with Crippen LogP contribution in [0.25, 0.3) is 0 Å². The summed E-state index contributed by atoms with van der Waals surface area (Å²) in [7, 11) is 0. The fourth-order valence-electron chi connectivity index (χ4n) is 1.06. The van der Waals surface area contributed by atoms with E-state index >= 15 is 0 Å². The minimum atomic E-state index is -0.666. The third kappa shape index (κ3) is 13.0. The number of hydrogen-bond donors (Lipinski definition) is 1. The van der Waals surface area contributed by atoms with E-state index < -0.39 is 5.97 Å². The molecule has 0 amide bonds. The molecule has 0 heterocycles. The first-order valence-corrected chi connectivity index (χ1v) is 4.49. The second-order valence-corrected chi connectivity index (χ2v) is 2.91. The minimum absolute atomic E-state index is 0. The molecule has 0 unspecified atom stereocenters. The summed E-state index contributed by atoms with van der Waals surface area (Å²) in [6.07, 6.45) is 7.25. The quantitative estimate of drug-likeness (QED) is 0.547. The van der Waals surface area contributed by atoms with E-state index in [1.807, 2.05) is 0 Å². The number of rotatable bonds is 7. The van der Waals surface area contributed by atoms with Crippen LogP contribution in [0.2, 0.25) is 0 Å². The van der Waals surface area contributed by atoms with Crippen LogP contribution < -0.4 is 0 Å². The van der Waals surface area contributed by atoms with Crippen LogP contribution in [0.4, 0.5) is 0 Å². The zero-order valence-corrected chi connectivity index (χ0v) is 13.5. The van der Waals surface area contributed by atoms with Gasteiger partial charge in [-0.3, -0.25) is 4.79 Å². The molecular weight excluding hydrogens is 349 g/mol. The van der Waals surface area contributed by atoms with E-state index in [2.05, 4.69) is 6.92 Å². The first kappa shape index (κ1) is 14.9. The van der Waals surface area contributed by atoms with Crippen molar-refractivity contribution in [3.63, 3.8) is 0 Å². The maximum absolute atomic E-state index is 10.1. The molecule has 0 aliphatic carbocycles. The summed E-state index contributed by atoms with van der Waals surface area (Å²) in [6, 6.07) is 0. The summed E-state index contributed by atoms with van der Waals surface area (Å²) < 4.78 is 0. The van der Waals surface area contributed by atoms with Gasteiger partial charge in [0, 0.05) is 6.42 Å². The van der Waals surface area contributed by atoms with Gasteiger partial charge in [0.05, 0.1) is 0 Å². The van der Waals surface area contributed by atoms with Crippen LogP contribution in [-0.2, 0) is 4.79 Å². The number of carbonyl (C=O) groups is 1. The molecule has 0 saturated heterocycles. The zero-order valence-electron chi connectivity index (χ0n) is 8.01. The van der Waals surface area contributed by atoms with E-state index in [9.17, 15) is 4.79 Å². The van der Waals surface area contributed by atoms with E-state index in [0.29, 0.717) is 6.42 Å². The molecule has 0 fully saturated rings. The first-order chi connectivity index (χ1) is 5.27. The van der Waals surface area contributed by atoms with Crippen LogP contribution in [0.1, 0.15) is 51.9 Å². The predicted octanol–water partition coefficient (Wildman–Crippen LogP) is 1.64. The number of carboxylic acid groups (broad SMARTS) is 1. The Morgan fingerprint density at radius 1 is 1.08 bits per heavy atom. The van der Waals surface area contributed by atoms with Crippen molar-refractivity contribution in [2.24, 2.45) is 0 Å². The second-order valence-electron chi connectivity index (χ2n) is 2.91. The number of hydrogen-bond acceptors (Lipinski definition) is 1. The van der Waals surface area contributed by atoms with E-state index in [1.54, 1.807) is 0 Å². The van der Waals surface area contributed by atoms with Crippen molar-refractivity contribution in [1.82, 2.24) is 0 Å². The van der Waals surface area contributed by atoms with Crippen molar-refractivity contribution in [1.29, 1.82) is 0 Å². The molecular formula is C9H21BiO2. The van der Waals surface area contributed by atoms with Gasteiger partial charge in [-0.15, -0.1) is 0 Å². The average molecular weight is 370 g/mol. The van der Waals surface area contributed by atoms with Crippen LogP contribution in [-0.4, -0.2) is 37.3 Å². The first-order valence-electron chi connectivity index (χ1n) is 4.49. The zero-order chi connectivity index (χ0) is 8.53. The van der Waals surface area contributed by atoms with E-state index in [0.717, 1.165) is 12.8 Å². The van der Waals surface area contributed by atoms with E-state index in [-0.39, 0.29) is 26.2 Å². The maximum atomic E-state index is 10.1. The van der Waals surface area contributed by atoms with Crippen molar-refractivity contribution in [2.75, 3.05) is 0 Å². The molecule has 0 saturated carbocycles. The molecule has 0 aliphatic rings. The van der Waals surface area contributed by atoms with Crippen molar-refractivity contribution in [3.8, 4) is 0 Å². The van der Waals surface area contributed by atoms with Gasteiger partial charge in [0.25, 0.3) is 0 Å². The summed E-state index contributed by atoms with van der Waals surface area (Å²) in [5, 5.41) is 8.32. The van der Waals surface area contributed by atoms with Crippen LogP contribution >= 0.6 is 0 Å².